The van der Waals surface area contributed by atoms with Gasteiger partial charge in [0.1, 0.15) is 12.1 Å². The number of carbonyl (C=O) groups excluding carboxylic acids is 4. The number of carbonyl (C=O) groups is 4. The van der Waals surface area contributed by atoms with Gasteiger partial charge in [-0.15, -0.1) is 0 Å². The van der Waals surface area contributed by atoms with Crippen molar-refractivity contribution in [2.24, 2.45) is 5.92 Å². The van der Waals surface area contributed by atoms with E-state index in [0.29, 0.717) is 30.9 Å². The molecule has 3 atom stereocenters. The fraction of sp³-hybridized carbons (Fsp3) is 0.500. The highest BCUT2D eigenvalue weighted by Crippen LogP contribution is 2.33. The lowest BCUT2D eigenvalue weighted by molar-refractivity contribution is -0.138. The van der Waals surface area contributed by atoms with E-state index in [9.17, 15) is 19.2 Å². The number of amides is 3. The number of unbranched alkanes of at least 4 members (excludes halogenated alkanes) is 1. The van der Waals surface area contributed by atoms with Crippen molar-refractivity contribution in [2.45, 2.75) is 71.0 Å². The fourth-order valence-corrected chi connectivity index (χ4v) is 6.01. The highest BCUT2D eigenvalue weighted by molar-refractivity contribution is 7.17. The molecule has 0 radical (unpaired) electrons. The lowest BCUT2D eigenvalue weighted by Gasteiger charge is -2.28. The molecule has 2 saturated heterocycles. The topological polar surface area (TPSA) is 96.0 Å². The summed E-state index contributed by atoms with van der Waals surface area (Å²) in [4.78, 5) is 56.1. The van der Waals surface area contributed by atoms with Crippen molar-refractivity contribution >= 4 is 35.0 Å². The molecule has 9 heteroatoms. The lowest BCUT2D eigenvalue weighted by Crippen LogP contribution is -2.53. The summed E-state index contributed by atoms with van der Waals surface area (Å²) in [6.07, 6.45) is 2.38. The van der Waals surface area contributed by atoms with Crippen molar-refractivity contribution < 1.29 is 23.9 Å². The number of thiophene rings is 1. The zero-order valence-electron chi connectivity index (χ0n) is 21.6. The van der Waals surface area contributed by atoms with Gasteiger partial charge >= 0.3 is 6.09 Å². The molecule has 2 aromatic rings. The number of likely N-dealkylation sites (tertiary alicyclic amines) is 2. The van der Waals surface area contributed by atoms with Crippen LogP contribution in [0.25, 0.3) is 10.4 Å². The molecule has 1 aromatic heterocycles. The van der Waals surface area contributed by atoms with Gasteiger partial charge < -0.3 is 19.9 Å². The summed E-state index contributed by atoms with van der Waals surface area (Å²) in [5, 5.41) is 3.17. The van der Waals surface area contributed by atoms with Gasteiger partial charge in [0, 0.05) is 17.8 Å². The molecule has 2 aliphatic heterocycles. The first-order valence-corrected chi connectivity index (χ1v) is 13.9. The molecule has 1 N–H and O–H groups in total. The molecule has 1 aromatic carbocycles. The molecule has 8 nitrogen and oxygen atoms in total. The van der Waals surface area contributed by atoms with Crippen LogP contribution in [-0.4, -0.2) is 64.7 Å². The summed E-state index contributed by atoms with van der Waals surface area (Å²) < 4.78 is 5.51. The number of hydrogen-bond donors (Lipinski definition) is 1. The summed E-state index contributed by atoms with van der Waals surface area (Å²) in [6, 6.07) is 11.7. The van der Waals surface area contributed by atoms with E-state index in [-0.39, 0.29) is 36.1 Å². The van der Waals surface area contributed by atoms with Gasteiger partial charge in [0.15, 0.2) is 10.8 Å². The van der Waals surface area contributed by atoms with Gasteiger partial charge in [-0.1, -0.05) is 68.9 Å². The Morgan fingerprint density at radius 1 is 1.11 bits per heavy atom. The van der Waals surface area contributed by atoms with Gasteiger partial charge in [-0.3, -0.25) is 14.4 Å². The maximum absolute atomic E-state index is 13.6. The van der Waals surface area contributed by atoms with E-state index in [1.165, 1.54) is 11.3 Å². The molecule has 2 fully saturated rings. The third-order valence-electron chi connectivity index (χ3n) is 6.90. The first-order chi connectivity index (χ1) is 17.8. The number of ether oxygens (including phenoxy) is 1. The van der Waals surface area contributed by atoms with Crippen LogP contribution in [-0.2, 0) is 14.4 Å². The van der Waals surface area contributed by atoms with E-state index < -0.39 is 18.2 Å². The number of rotatable bonds is 9. The Bertz CT molecular complexity index is 1130. The Morgan fingerprint density at radius 2 is 1.86 bits per heavy atom. The summed E-state index contributed by atoms with van der Waals surface area (Å²) in [5.41, 5.74) is 1.03. The Labute approximate surface area is 222 Å². The molecule has 3 unspecified atom stereocenters. The molecule has 198 valence electrons. The fourth-order valence-electron chi connectivity index (χ4n) is 5.15. The zero-order valence-corrected chi connectivity index (χ0v) is 22.5. The van der Waals surface area contributed by atoms with Crippen molar-refractivity contribution in [2.75, 3.05) is 13.1 Å². The molecule has 3 heterocycles. The van der Waals surface area contributed by atoms with E-state index in [1.807, 2.05) is 57.2 Å². The lowest BCUT2D eigenvalue weighted by atomic mass is 10.0. The highest BCUT2D eigenvalue weighted by Gasteiger charge is 2.52. The third kappa shape index (κ3) is 6.21. The van der Waals surface area contributed by atoms with Gasteiger partial charge in [-0.25, -0.2) is 4.79 Å². The number of fused-ring (bicyclic) bond motifs is 1. The van der Waals surface area contributed by atoms with Gasteiger partial charge in [0.05, 0.1) is 12.6 Å². The quantitative estimate of drug-likeness (QED) is 0.521. The second-order valence-corrected chi connectivity index (χ2v) is 11.2. The van der Waals surface area contributed by atoms with Crippen LogP contribution in [0.15, 0.2) is 42.5 Å². The van der Waals surface area contributed by atoms with E-state index in [1.54, 1.807) is 15.9 Å². The molecule has 0 bridgehead atoms. The van der Waals surface area contributed by atoms with Gasteiger partial charge in [-0.05, 0) is 42.9 Å². The molecule has 2 aliphatic rings. The van der Waals surface area contributed by atoms with Crippen LogP contribution in [0.5, 0.6) is 5.06 Å². The minimum absolute atomic E-state index is 0.0248. The summed E-state index contributed by atoms with van der Waals surface area (Å²) in [7, 11) is 0. The van der Waals surface area contributed by atoms with E-state index >= 15 is 0 Å². The maximum atomic E-state index is 13.6. The number of hydrogen-bond acceptors (Lipinski definition) is 6. The van der Waals surface area contributed by atoms with E-state index in [4.69, 9.17) is 4.74 Å². The summed E-state index contributed by atoms with van der Waals surface area (Å²) >= 11 is 1.35. The zero-order chi connectivity index (χ0) is 26.5. The van der Waals surface area contributed by atoms with E-state index in [2.05, 4.69) is 5.32 Å². The number of Topliss-reactive ketones (excluding diaryl/α,β-unsaturated/α-hetero) is 1. The second kappa shape index (κ2) is 11.9. The minimum Gasteiger partial charge on any atom is -0.399 e. The molecule has 4 rings (SSSR count). The average molecular weight is 526 g/mol. The Balaban J connectivity index is 1.42. The first kappa shape index (κ1) is 26.9. The molecular formula is C28H35N3O5S. The normalized spacial score (nSPS) is 19.7. The van der Waals surface area contributed by atoms with Crippen LogP contribution >= 0.6 is 11.3 Å². The van der Waals surface area contributed by atoms with Crippen molar-refractivity contribution in [1.29, 1.82) is 0 Å². The molecule has 0 saturated carbocycles. The Morgan fingerprint density at radius 3 is 2.57 bits per heavy atom. The van der Waals surface area contributed by atoms with Crippen molar-refractivity contribution in [3.63, 3.8) is 0 Å². The molecule has 37 heavy (non-hydrogen) atoms. The predicted molar refractivity (Wildman–Crippen MR) is 142 cm³/mol. The van der Waals surface area contributed by atoms with Crippen LogP contribution in [0, 0.1) is 5.92 Å². The van der Waals surface area contributed by atoms with Crippen molar-refractivity contribution in [1.82, 2.24) is 15.1 Å². The average Bonchev–Trinajstić information content (AvgIpc) is 3.59. The van der Waals surface area contributed by atoms with Crippen LogP contribution in [0.3, 0.4) is 0 Å². The number of nitrogens with zero attached hydrogens (tertiary/aromatic N) is 2. The van der Waals surface area contributed by atoms with E-state index in [0.717, 1.165) is 23.3 Å². The van der Waals surface area contributed by atoms with Crippen LogP contribution in [0.4, 0.5) is 4.79 Å². The standard InChI is InChI=1S/C28H35N3O5S/c1-4-5-11-24(33)31-17-22(32)26-21(31)14-15-30(26)27(34)20(16-18(2)3)29-28(35)36-25-13-12-23(37-25)19-9-7-6-8-10-19/h6-10,12-13,18,20-21,26H,4-5,11,14-17H2,1-3H3,(H,29,35). The summed E-state index contributed by atoms with van der Waals surface area (Å²) in [6.45, 7) is 6.40. The monoisotopic (exact) mass is 525 g/mol. The van der Waals surface area contributed by atoms with Gasteiger partial charge in [-0.2, -0.15) is 0 Å². The van der Waals surface area contributed by atoms with Crippen LogP contribution in [0.1, 0.15) is 52.9 Å². The van der Waals surface area contributed by atoms with Crippen molar-refractivity contribution in [3.8, 4) is 15.5 Å². The first-order valence-electron chi connectivity index (χ1n) is 13.0. The van der Waals surface area contributed by atoms with Crippen LogP contribution in [0.2, 0.25) is 0 Å². The molecule has 3 amide bonds. The van der Waals surface area contributed by atoms with Crippen LogP contribution < -0.4 is 10.1 Å². The summed E-state index contributed by atoms with van der Waals surface area (Å²) in [5.74, 6) is -0.308. The van der Waals surface area contributed by atoms with Crippen molar-refractivity contribution in [3.05, 3.63) is 42.5 Å². The highest BCUT2D eigenvalue weighted by atomic mass is 32.1. The largest absolute Gasteiger partial charge is 0.414 e. The van der Waals surface area contributed by atoms with Gasteiger partial charge in [0.2, 0.25) is 11.8 Å². The Kier molecular flexibility index (Phi) is 8.63. The number of nitrogens with one attached hydrogen (secondary N) is 1. The molecule has 0 spiro atoms. The second-order valence-electron chi connectivity index (χ2n) is 10.1. The number of ketones is 1. The molecular weight excluding hydrogens is 490 g/mol. The predicted octanol–water partition coefficient (Wildman–Crippen LogP) is 4.49. The SMILES string of the molecule is CCCCC(=O)N1CC(=O)C2C1CCN2C(=O)C(CC(C)C)NC(=O)Oc1ccc(-c2ccccc2)s1. The minimum atomic E-state index is -0.822. The number of benzene rings is 1. The Hall–Kier alpha value is -3.20. The smallest absolute Gasteiger partial charge is 0.399 e. The molecule has 0 aliphatic carbocycles. The maximum Gasteiger partial charge on any atom is 0.414 e. The van der Waals surface area contributed by atoms with Gasteiger partial charge in [0.25, 0.3) is 0 Å². The third-order valence-corrected chi connectivity index (χ3v) is 7.91.